The maximum absolute atomic E-state index is 5.63. The Morgan fingerprint density at radius 2 is 2.21 bits per heavy atom. The molecule has 1 aromatic rings. The van der Waals surface area contributed by atoms with Crippen molar-refractivity contribution in [3.05, 3.63) is 53.6 Å². The number of rotatable bonds is 7. The molecule has 0 aliphatic carbocycles. The fourth-order valence-electron chi connectivity index (χ4n) is 3.55. The predicted molar refractivity (Wildman–Crippen MR) is 104 cm³/mol. The molecule has 1 N–H and O–H groups in total. The first kappa shape index (κ1) is 18.4. The van der Waals surface area contributed by atoms with Crippen molar-refractivity contribution < 1.29 is 0 Å². The Hall–Kier alpha value is -1.98. The minimum atomic E-state index is -0.204. The normalized spacial score (nSPS) is 17.1. The molecule has 1 aliphatic heterocycles. The van der Waals surface area contributed by atoms with Crippen molar-refractivity contribution in [2.24, 2.45) is 5.92 Å². The van der Waals surface area contributed by atoms with Crippen molar-refractivity contribution in [3.63, 3.8) is 0 Å². The maximum atomic E-state index is 5.63. The van der Waals surface area contributed by atoms with Gasteiger partial charge in [-0.15, -0.1) is 12.3 Å². The number of likely N-dealkylation sites (N-methyl/N-ethyl adjacent to an activating group) is 1. The molecule has 128 valence electrons. The summed E-state index contributed by atoms with van der Waals surface area (Å²) >= 11 is 0. The van der Waals surface area contributed by atoms with Crippen LogP contribution in [-0.2, 0) is 13.0 Å². The fraction of sp³-hybridized carbons (Fsp3) is 0.455. The second kappa shape index (κ2) is 7.28. The number of terminal acetylenes is 1. The van der Waals surface area contributed by atoms with Gasteiger partial charge < -0.3 is 10.2 Å². The minimum Gasteiger partial charge on any atom is -0.365 e. The molecule has 0 radical (unpaired) electrons. The molecule has 1 aliphatic rings. The summed E-state index contributed by atoms with van der Waals surface area (Å²) in [6, 6.07) is 6.74. The molecule has 24 heavy (non-hydrogen) atoms. The van der Waals surface area contributed by atoms with E-state index in [1.54, 1.807) is 0 Å². The van der Waals surface area contributed by atoms with Gasteiger partial charge >= 0.3 is 0 Å². The number of aryl methyl sites for hydroxylation is 1. The Labute approximate surface area is 147 Å². The van der Waals surface area contributed by atoms with E-state index in [0.29, 0.717) is 0 Å². The van der Waals surface area contributed by atoms with E-state index in [4.69, 9.17) is 6.42 Å². The first-order valence-corrected chi connectivity index (χ1v) is 8.74. The lowest BCUT2D eigenvalue weighted by Crippen LogP contribution is -2.52. The first-order chi connectivity index (χ1) is 11.4. The molecule has 2 heteroatoms. The van der Waals surface area contributed by atoms with E-state index >= 15 is 0 Å². The van der Waals surface area contributed by atoms with E-state index < -0.39 is 0 Å². The molecule has 1 heterocycles. The summed E-state index contributed by atoms with van der Waals surface area (Å²) in [5, 5.41) is 3.50. The van der Waals surface area contributed by atoms with E-state index in [0.717, 1.165) is 37.2 Å². The average molecular weight is 322 g/mol. The van der Waals surface area contributed by atoms with Gasteiger partial charge in [0.2, 0.25) is 0 Å². The Balaban J connectivity index is 2.27. The molecule has 0 amide bonds. The van der Waals surface area contributed by atoms with Crippen molar-refractivity contribution in [3.8, 4) is 12.3 Å². The van der Waals surface area contributed by atoms with Crippen LogP contribution in [0.5, 0.6) is 0 Å². The number of nitrogens with one attached hydrogen (secondary N) is 1. The summed E-state index contributed by atoms with van der Waals surface area (Å²) < 4.78 is 0. The lowest BCUT2D eigenvalue weighted by atomic mass is 9.82. The first-order valence-electron chi connectivity index (χ1n) is 8.74. The molecular formula is C22H30N2. The number of fused-ring (bicyclic) bond motifs is 1. The summed E-state index contributed by atoms with van der Waals surface area (Å²) in [5.41, 5.74) is 6.02. The van der Waals surface area contributed by atoms with Gasteiger partial charge in [-0.25, -0.2) is 0 Å². The highest BCUT2D eigenvalue weighted by molar-refractivity contribution is 5.69. The van der Waals surface area contributed by atoms with Crippen LogP contribution >= 0.6 is 0 Å². The quantitative estimate of drug-likeness (QED) is 0.597. The Bertz CT molecular complexity index is 680. The highest BCUT2D eigenvalue weighted by Crippen LogP contribution is 2.36. The average Bonchev–Trinajstić information content (AvgIpc) is 2.88. The minimum absolute atomic E-state index is 0.194. The van der Waals surface area contributed by atoms with Crippen LogP contribution in [0.2, 0.25) is 0 Å². The van der Waals surface area contributed by atoms with Crippen LogP contribution in [0.3, 0.4) is 0 Å². The lowest BCUT2D eigenvalue weighted by molar-refractivity contribution is 0.255. The van der Waals surface area contributed by atoms with Gasteiger partial charge in [-0.05, 0) is 44.0 Å². The zero-order chi connectivity index (χ0) is 17.9. The third kappa shape index (κ3) is 3.42. The second-order valence-electron chi connectivity index (χ2n) is 7.03. The largest absolute Gasteiger partial charge is 0.365 e. The zero-order valence-corrected chi connectivity index (χ0v) is 15.6. The summed E-state index contributed by atoms with van der Waals surface area (Å²) in [5.74, 6) is 3.05. The summed E-state index contributed by atoms with van der Waals surface area (Å²) in [7, 11) is 2.00. The van der Waals surface area contributed by atoms with Crippen molar-refractivity contribution in [1.29, 1.82) is 0 Å². The standard InChI is InChI=1S/C22H30N2/c1-8-17(5)13-22(23-7,16(3)4)15-24-14-20-11-10-19(9-2)12-21(20)18(24)6/h1,10-12,17,23H,3,6,9,13-15H2,2,4-5,7H3. The van der Waals surface area contributed by atoms with Crippen LogP contribution in [0, 0.1) is 18.3 Å². The molecule has 2 nitrogen and oxygen atoms in total. The van der Waals surface area contributed by atoms with Gasteiger partial charge in [-0.3, -0.25) is 0 Å². The summed E-state index contributed by atoms with van der Waals surface area (Å²) in [4.78, 5) is 2.36. The van der Waals surface area contributed by atoms with Gasteiger partial charge in [-0.1, -0.05) is 44.7 Å². The Kier molecular flexibility index (Phi) is 5.57. The maximum Gasteiger partial charge on any atom is 0.0575 e. The Morgan fingerprint density at radius 3 is 2.75 bits per heavy atom. The molecule has 0 fully saturated rings. The monoisotopic (exact) mass is 322 g/mol. The van der Waals surface area contributed by atoms with Gasteiger partial charge in [-0.2, -0.15) is 0 Å². The van der Waals surface area contributed by atoms with E-state index in [1.165, 1.54) is 16.7 Å². The van der Waals surface area contributed by atoms with E-state index in [2.05, 4.69) is 68.3 Å². The van der Waals surface area contributed by atoms with Crippen LogP contribution < -0.4 is 5.32 Å². The molecule has 0 saturated carbocycles. The van der Waals surface area contributed by atoms with Gasteiger partial charge in [0.1, 0.15) is 0 Å². The van der Waals surface area contributed by atoms with E-state index in [1.807, 2.05) is 7.05 Å². The molecule has 0 bridgehead atoms. The third-order valence-corrected chi connectivity index (χ3v) is 5.33. The van der Waals surface area contributed by atoms with Crippen LogP contribution in [0.4, 0.5) is 0 Å². The smallest absolute Gasteiger partial charge is 0.0575 e. The molecule has 2 rings (SSSR count). The van der Waals surface area contributed by atoms with Crippen LogP contribution in [0.25, 0.3) is 5.70 Å². The van der Waals surface area contributed by atoms with E-state index in [-0.39, 0.29) is 11.5 Å². The molecule has 0 aromatic heterocycles. The summed E-state index contributed by atoms with van der Waals surface area (Å²) in [6.07, 6.45) is 7.55. The van der Waals surface area contributed by atoms with Crippen LogP contribution in [0.1, 0.15) is 43.9 Å². The number of benzene rings is 1. The second-order valence-corrected chi connectivity index (χ2v) is 7.03. The van der Waals surface area contributed by atoms with Crippen molar-refractivity contribution in [2.45, 2.75) is 45.7 Å². The fourth-order valence-corrected chi connectivity index (χ4v) is 3.55. The SMILES string of the molecule is C#CC(C)CC(CN1Cc2ccc(CC)cc2C1=C)(NC)C(=C)C. The number of nitrogens with zero attached hydrogens (tertiary/aromatic N) is 1. The topological polar surface area (TPSA) is 15.3 Å². The molecule has 0 saturated heterocycles. The summed E-state index contributed by atoms with van der Waals surface area (Å²) in [6.45, 7) is 16.7. The van der Waals surface area contributed by atoms with Gasteiger partial charge in [0.25, 0.3) is 0 Å². The highest BCUT2D eigenvalue weighted by Gasteiger charge is 2.35. The van der Waals surface area contributed by atoms with Crippen molar-refractivity contribution >= 4 is 5.70 Å². The Morgan fingerprint density at radius 1 is 1.50 bits per heavy atom. The van der Waals surface area contributed by atoms with E-state index in [9.17, 15) is 0 Å². The molecular weight excluding hydrogens is 292 g/mol. The van der Waals surface area contributed by atoms with Crippen LogP contribution in [0.15, 0.2) is 36.9 Å². The number of hydrogen-bond acceptors (Lipinski definition) is 2. The number of hydrogen-bond donors (Lipinski definition) is 1. The zero-order valence-electron chi connectivity index (χ0n) is 15.6. The molecule has 0 spiro atoms. The molecule has 2 atom stereocenters. The van der Waals surface area contributed by atoms with Gasteiger partial charge in [0.05, 0.1) is 5.54 Å². The molecule has 2 unspecified atom stereocenters. The van der Waals surface area contributed by atoms with Gasteiger partial charge in [0, 0.05) is 30.3 Å². The van der Waals surface area contributed by atoms with Crippen molar-refractivity contribution in [2.75, 3.05) is 13.6 Å². The highest BCUT2D eigenvalue weighted by atomic mass is 15.2. The van der Waals surface area contributed by atoms with Crippen LogP contribution in [-0.4, -0.2) is 24.0 Å². The molecule has 1 aromatic carbocycles. The predicted octanol–water partition coefficient (Wildman–Crippen LogP) is 4.23. The van der Waals surface area contributed by atoms with Gasteiger partial charge in [0.15, 0.2) is 0 Å². The lowest BCUT2D eigenvalue weighted by Gasteiger charge is -2.40. The third-order valence-electron chi connectivity index (χ3n) is 5.33. The van der Waals surface area contributed by atoms with Crippen molar-refractivity contribution in [1.82, 2.24) is 10.2 Å².